The summed E-state index contributed by atoms with van der Waals surface area (Å²) in [7, 11) is 1.45. The number of hydrogen-bond donors (Lipinski definition) is 2. The summed E-state index contributed by atoms with van der Waals surface area (Å²) < 4.78 is 13.5. The van der Waals surface area contributed by atoms with Crippen LogP contribution in [0.2, 0.25) is 0 Å². The number of anilines is 1. The van der Waals surface area contributed by atoms with Gasteiger partial charge in [0.2, 0.25) is 5.91 Å². The van der Waals surface area contributed by atoms with E-state index < -0.39 is 17.6 Å². The van der Waals surface area contributed by atoms with E-state index >= 15 is 0 Å². The molecule has 0 aliphatic carbocycles. The topological polar surface area (TPSA) is 78.9 Å². The normalized spacial score (nSPS) is 13.2. The molecule has 0 radical (unpaired) electrons. The van der Waals surface area contributed by atoms with Crippen molar-refractivity contribution < 1.29 is 14.4 Å². The minimum atomic E-state index is -0.764. The molecule has 0 fully saturated rings. The molecule has 5 nitrogen and oxygen atoms in total. The summed E-state index contributed by atoms with van der Waals surface area (Å²) in [5.74, 6) is -1.86. The van der Waals surface area contributed by atoms with Crippen LogP contribution in [0.15, 0.2) is 29.4 Å². The Hall–Kier alpha value is -2.11. The largest absolute Gasteiger partial charge is 0.409 e. The van der Waals surface area contributed by atoms with Crippen molar-refractivity contribution in [3.8, 4) is 0 Å². The highest BCUT2D eigenvalue weighted by atomic mass is 19.1. The zero-order valence-corrected chi connectivity index (χ0v) is 10.3. The lowest BCUT2D eigenvalue weighted by Crippen LogP contribution is -2.40. The average Bonchev–Trinajstić information content (AvgIpc) is 2.38. The number of hydrogen-bond acceptors (Lipinski definition) is 3. The lowest BCUT2D eigenvalue weighted by molar-refractivity contribution is -0.120. The van der Waals surface area contributed by atoms with Crippen molar-refractivity contribution >= 4 is 17.4 Å². The number of para-hydroxylation sites is 1. The maximum absolute atomic E-state index is 13.5. The first-order valence-electron chi connectivity index (χ1n) is 5.52. The van der Waals surface area contributed by atoms with Crippen LogP contribution >= 0.6 is 0 Å². The van der Waals surface area contributed by atoms with Gasteiger partial charge in [-0.05, 0) is 18.6 Å². The maximum atomic E-state index is 13.5. The van der Waals surface area contributed by atoms with E-state index in [-0.39, 0.29) is 11.5 Å². The van der Waals surface area contributed by atoms with Gasteiger partial charge in [-0.2, -0.15) is 0 Å². The molecule has 0 heterocycles. The second kappa shape index (κ2) is 6.00. The number of amidine groups is 1. The van der Waals surface area contributed by atoms with Crippen molar-refractivity contribution in [1.82, 2.24) is 0 Å². The molecule has 6 heteroatoms. The summed E-state index contributed by atoms with van der Waals surface area (Å²) in [6, 6.07) is 5.93. The summed E-state index contributed by atoms with van der Waals surface area (Å²) in [4.78, 5) is 13.3. The number of benzene rings is 1. The molecular weight excluding hydrogens is 237 g/mol. The van der Waals surface area contributed by atoms with Crippen molar-refractivity contribution in [3.05, 3.63) is 30.1 Å². The number of nitrogens with zero attached hydrogens (tertiary/aromatic N) is 2. The summed E-state index contributed by atoms with van der Waals surface area (Å²) in [5, 5.41) is 11.4. The number of carbonyl (C=O) groups excluding carboxylic acids is 1. The monoisotopic (exact) mass is 253 g/mol. The summed E-state index contributed by atoms with van der Waals surface area (Å²) in [6.07, 6.45) is 0.369. The minimum absolute atomic E-state index is 0.159. The standard InChI is InChI=1S/C12H16FN3O2/c1-3-8(11(14)15-18)12(17)16(2)10-7-5-4-6-9(10)13/h4-8,18H,3H2,1-2H3,(H2,14,15). The molecule has 0 saturated heterocycles. The van der Waals surface area contributed by atoms with Crippen molar-refractivity contribution in [1.29, 1.82) is 0 Å². The van der Waals surface area contributed by atoms with E-state index in [1.807, 2.05) is 0 Å². The molecule has 18 heavy (non-hydrogen) atoms. The Morgan fingerprint density at radius 3 is 2.67 bits per heavy atom. The van der Waals surface area contributed by atoms with E-state index in [2.05, 4.69) is 5.16 Å². The minimum Gasteiger partial charge on any atom is -0.409 e. The first kappa shape index (κ1) is 14.0. The number of rotatable bonds is 4. The average molecular weight is 253 g/mol. The zero-order chi connectivity index (χ0) is 13.7. The number of carbonyl (C=O) groups is 1. The van der Waals surface area contributed by atoms with Crippen LogP contribution in [0.1, 0.15) is 13.3 Å². The van der Waals surface area contributed by atoms with Gasteiger partial charge in [0.1, 0.15) is 5.82 Å². The lowest BCUT2D eigenvalue weighted by atomic mass is 10.0. The Bertz CT molecular complexity index is 462. The molecule has 0 aliphatic heterocycles. The van der Waals surface area contributed by atoms with Crippen LogP contribution < -0.4 is 10.6 Å². The summed E-state index contributed by atoms with van der Waals surface area (Å²) >= 11 is 0. The van der Waals surface area contributed by atoms with Crippen LogP contribution in [0.25, 0.3) is 0 Å². The van der Waals surface area contributed by atoms with Gasteiger partial charge < -0.3 is 15.8 Å². The van der Waals surface area contributed by atoms with Gasteiger partial charge in [0, 0.05) is 7.05 Å². The molecule has 0 spiro atoms. The van der Waals surface area contributed by atoms with Crippen LogP contribution in [0, 0.1) is 11.7 Å². The van der Waals surface area contributed by atoms with E-state index in [0.29, 0.717) is 6.42 Å². The second-order valence-electron chi connectivity index (χ2n) is 3.83. The van der Waals surface area contributed by atoms with E-state index in [9.17, 15) is 9.18 Å². The van der Waals surface area contributed by atoms with Gasteiger partial charge in [-0.3, -0.25) is 4.79 Å². The molecule has 0 bridgehead atoms. The summed E-state index contributed by atoms with van der Waals surface area (Å²) in [5.41, 5.74) is 5.60. The molecule has 1 aromatic carbocycles. The molecule has 1 rings (SSSR count). The number of halogens is 1. The van der Waals surface area contributed by atoms with Gasteiger partial charge in [-0.25, -0.2) is 4.39 Å². The van der Waals surface area contributed by atoms with Crippen LogP contribution in [-0.4, -0.2) is 24.0 Å². The second-order valence-corrected chi connectivity index (χ2v) is 3.83. The van der Waals surface area contributed by atoms with Gasteiger partial charge in [0.25, 0.3) is 0 Å². The van der Waals surface area contributed by atoms with Crippen molar-refractivity contribution in [2.75, 3.05) is 11.9 Å². The third-order valence-electron chi connectivity index (χ3n) is 2.72. The first-order valence-corrected chi connectivity index (χ1v) is 5.52. The fraction of sp³-hybridized carbons (Fsp3) is 0.333. The van der Waals surface area contributed by atoms with Crippen LogP contribution in [0.4, 0.5) is 10.1 Å². The molecule has 1 amide bonds. The molecule has 0 aliphatic rings. The quantitative estimate of drug-likeness (QED) is 0.370. The first-order chi connectivity index (χ1) is 8.52. The number of oxime groups is 1. The van der Waals surface area contributed by atoms with E-state index in [0.717, 1.165) is 0 Å². The predicted octanol–water partition coefficient (Wildman–Crippen LogP) is 1.56. The molecule has 1 aromatic rings. The SMILES string of the molecule is CCC(C(=O)N(C)c1ccccc1F)C(N)=NO. The Morgan fingerprint density at radius 1 is 1.56 bits per heavy atom. The third kappa shape index (κ3) is 2.77. The van der Waals surface area contributed by atoms with E-state index in [4.69, 9.17) is 10.9 Å². The Labute approximate surface area is 105 Å². The van der Waals surface area contributed by atoms with Gasteiger partial charge in [0.15, 0.2) is 5.84 Å². The van der Waals surface area contributed by atoms with Gasteiger partial charge >= 0.3 is 0 Å². The molecule has 1 atom stereocenters. The zero-order valence-electron chi connectivity index (χ0n) is 10.3. The third-order valence-corrected chi connectivity index (χ3v) is 2.72. The Morgan fingerprint density at radius 2 is 2.17 bits per heavy atom. The Kier molecular flexibility index (Phi) is 4.65. The van der Waals surface area contributed by atoms with Crippen LogP contribution in [0.5, 0.6) is 0 Å². The highest BCUT2D eigenvalue weighted by Gasteiger charge is 2.26. The number of nitrogens with two attached hydrogens (primary N) is 1. The molecule has 1 unspecified atom stereocenters. The molecule has 98 valence electrons. The van der Waals surface area contributed by atoms with Crippen LogP contribution in [-0.2, 0) is 4.79 Å². The van der Waals surface area contributed by atoms with Gasteiger partial charge in [0.05, 0.1) is 11.6 Å². The molecule has 0 saturated carbocycles. The fourth-order valence-electron chi connectivity index (χ4n) is 1.66. The molecular formula is C12H16FN3O2. The van der Waals surface area contributed by atoms with Crippen LogP contribution in [0.3, 0.4) is 0 Å². The van der Waals surface area contributed by atoms with E-state index in [1.165, 1.54) is 30.1 Å². The fourth-order valence-corrected chi connectivity index (χ4v) is 1.66. The molecule has 0 aromatic heterocycles. The molecule has 3 N–H and O–H groups in total. The van der Waals surface area contributed by atoms with Crippen molar-refractivity contribution in [2.45, 2.75) is 13.3 Å². The highest BCUT2D eigenvalue weighted by Crippen LogP contribution is 2.20. The summed E-state index contributed by atoms with van der Waals surface area (Å²) in [6.45, 7) is 1.73. The van der Waals surface area contributed by atoms with Crippen molar-refractivity contribution in [2.24, 2.45) is 16.8 Å². The van der Waals surface area contributed by atoms with Gasteiger partial charge in [-0.15, -0.1) is 0 Å². The Balaban J connectivity index is 3.00. The van der Waals surface area contributed by atoms with Gasteiger partial charge in [-0.1, -0.05) is 24.2 Å². The number of amides is 1. The predicted molar refractivity (Wildman–Crippen MR) is 67.0 cm³/mol. The van der Waals surface area contributed by atoms with Crippen molar-refractivity contribution in [3.63, 3.8) is 0 Å². The maximum Gasteiger partial charge on any atom is 0.237 e. The lowest BCUT2D eigenvalue weighted by Gasteiger charge is -2.22. The smallest absolute Gasteiger partial charge is 0.237 e. The van der Waals surface area contributed by atoms with E-state index in [1.54, 1.807) is 13.0 Å². The highest BCUT2D eigenvalue weighted by molar-refractivity contribution is 6.08.